The van der Waals surface area contributed by atoms with E-state index in [-0.39, 0.29) is 5.28 Å². The Morgan fingerprint density at radius 1 is 0.373 bits per heavy atom. The van der Waals surface area contributed by atoms with Gasteiger partial charge in [0, 0.05) is 44.8 Å². The van der Waals surface area contributed by atoms with Gasteiger partial charge in [-0.1, -0.05) is 133 Å². The van der Waals surface area contributed by atoms with E-state index >= 15 is 0 Å². The van der Waals surface area contributed by atoms with E-state index in [1.165, 1.54) is 38.9 Å². The van der Waals surface area contributed by atoms with Gasteiger partial charge >= 0.3 is 0 Å². The van der Waals surface area contributed by atoms with E-state index in [2.05, 4.69) is 122 Å². The summed E-state index contributed by atoms with van der Waals surface area (Å²) >= 11 is 8.74. The third-order valence-electron chi connectivity index (χ3n) is 9.89. The van der Waals surface area contributed by atoms with Crippen LogP contribution in [0.3, 0.4) is 0 Å². The third-order valence-corrected chi connectivity index (χ3v) is 10.5. The summed E-state index contributed by atoms with van der Waals surface area (Å²) in [5.74, 6) is 2.34. The monoisotopic (exact) mass is 786 g/mol. The van der Waals surface area contributed by atoms with Crippen LogP contribution < -0.4 is 0 Å². The number of hydrogen-bond donors (Lipinski definition) is 0. The number of fused-ring (bicyclic) bond motifs is 10. The second kappa shape index (κ2) is 11.7. The molecule has 0 aliphatic heterocycles. The number of halogens is 2. The first-order chi connectivity index (χ1) is 25.1. The predicted molar refractivity (Wildman–Crippen MR) is 209 cm³/mol. The summed E-state index contributed by atoms with van der Waals surface area (Å²) < 4.78 is 0.641. The summed E-state index contributed by atoms with van der Waals surface area (Å²) in [6.07, 6.45) is 0. The first-order valence-electron chi connectivity index (χ1n) is 16.5. The molecule has 0 saturated carbocycles. The predicted octanol–water partition coefficient (Wildman–Crippen LogP) is 10.3. The molecule has 6 aromatic carbocycles. The Morgan fingerprint density at radius 2 is 0.765 bits per heavy atom. The van der Waals surface area contributed by atoms with Gasteiger partial charge in [0.25, 0.3) is 0 Å². The molecule has 2 aliphatic rings. The molecule has 0 bridgehead atoms. The Kier molecular flexibility index (Phi) is 6.94. The minimum Gasteiger partial charge on any atom is -0.208 e. The summed E-state index contributed by atoms with van der Waals surface area (Å²) in [5.41, 5.74) is 12.6. The van der Waals surface area contributed by atoms with Gasteiger partial charge in [0.15, 0.2) is 27.1 Å². The van der Waals surface area contributed by atoms with Gasteiger partial charge in [-0.05, 0) is 68.2 Å². The topological polar surface area (TPSA) is 77.3 Å². The maximum Gasteiger partial charge on any atom is 0.226 e. The molecule has 0 amide bonds. The van der Waals surface area contributed by atoms with E-state index in [1.807, 2.05) is 60.7 Å². The average Bonchev–Trinajstić information content (AvgIpc) is 3.65. The van der Waals surface area contributed by atoms with Gasteiger partial charge in [0.05, 0.1) is 5.41 Å². The zero-order chi connectivity index (χ0) is 34.1. The van der Waals surface area contributed by atoms with Crippen molar-refractivity contribution >= 4 is 34.2 Å². The summed E-state index contributed by atoms with van der Waals surface area (Å²) in [4.78, 5) is 28.5. The number of rotatable bonds is 4. The van der Waals surface area contributed by atoms with Crippen LogP contribution in [0.1, 0.15) is 22.3 Å². The lowest BCUT2D eigenvalue weighted by Crippen LogP contribution is -2.26. The minimum absolute atomic E-state index is 0.153. The molecule has 1 unspecified atom stereocenters. The third kappa shape index (κ3) is 4.68. The average molecular weight is 787 g/mol. The van der Waals surface area contributed by atoms with Crippen LogP contribution in [0.25, 0.3) is 67.8 Å². The van der Waals surface area contributed by atoms with Crippen LogP contribution in [0.15, 0.2) is 146 Å². The molecule has 0 saturated heterocycles. The number of nitrogens with zero attached hydrogens (tertiary/aromatic N) is 6. The van der Waals surface area contributed by atoms with Gasteiger partial charge in [-0.15, -0.1) is 0 Å². The zero-order valence-corrected chi connectivity index (χ0v) is 29.7. The SMILES string of the molecule is Clc1nc(-c2ccccc2)nc(-c2ccc3c(c2)C2(c4ccccc4-3)c3ccccc3-c3ccc(-c4nc(I)nc(-c5ccccc5)n4)cc32)n1. The first-order valence-corrected chi connectivity index (χ1v) is 18.0. The minimum atomic E-state index is -0.606. The van der Waals surface area contributed by atoms with E-state index in [4.69, 9.17) is 26.6 Å². The molecule has 2 heterocycles. The highest BCUT2D eigenvalue weighted by Gasteiger charge is 2.51. The van der Waals surface area contributed by atoms with Crippen LogP contribution in [-0.4, -0.2) is 29.9 Å². The molecule has 0 radical (unpaired) electrons. The fraction of sp³-hybridized carbons (Fsp3) is 0.0233. The van der Waals surface area contributed by atoms with Crippen molar-refractivity contribution in [3.8, 4) is 67.8 Å². The molecule has 2 aromatic heterocycles. The summed E-state index contributed by atoms with van der Waals surface area (Å²) in [6, 6.07) is 50.5. The molecule has 1 atom stereocenters. The molecule has 240 valence electrons. The van der Waals surface area contributed by atoms with E-state index in [1.54, 1.807) is 0 Å². The van der Waals surface area contributed by atoms with Gasteiger partial charge in [-0.25, -0.2) is 19.9 Å². The molecule has 51 heavy (non-hydrogen) atoms. The first kappa shape index (κ1) is 30.2. The molecule has 10 rings (SSSR count). The summed E-state index contributed by atoms with van der Waals surface area (Å²) in [6.45, 7) is 0. The zero-order valence-electron chi connectivity index (χ0n) is 26.8. The van der Waals surface area contributed by atoms with Crippen LogP contribution >= 0.6 is 34.2 Å². The van der Waals surface area contributed by atoms with Crippen molar-refractivity contribution in [2.75, 3.05) is 0 Å². The Hall–Kier alpha value is -5.64. The summed E-state index contributed by atoms with van der Waals surface area (Å²) in [5, 5.41) is 0.153. The van der Waals surface area contributed by atoms with E-state index in [0.717, 1.165) is 27.8 Å². The normalized spacial score (nSPS) is 14.9. The highest BCUT2D eigenvalue weighted by Crippen LogP contribution is 2.63. The molecule has 2 aliphatic carbocycles. The fourth-order valence-corrected chi connectivity index (χ4v) is 8.43. The Balaban J connectivity index is 1.22. The van der Waals surface area contributed by atoms with Crippen molar-refractivity contribution in [3.63, 3.8) is 0 Å². The van der Waals surface area contributed by atoms with Gasteiger partial charge in [0.2, 0.25) is 5.28 Å². The van der Waals surface area contributed by atoms with Crippen molar-refractivity contribution in [1.82, 2.24) is 29.9 Å². The van der Waals surface area contributed by atoms with E-state index in [0.29, 0.717) is 27.1 Å². The van der Waals surface area contributed by atoms with E-state index < -0.39 is 5.41 Å². The summed E-state index contributed by atoms with van der Waals surface area (Å²) in [7, 11) is 0. The van der Waals surface area contributed by atoms with Crippen molar-refractivity contribution in [2.45, 2.75) is 5.41 Å². The van der Waals surface area contributed by atoms with Crippen LogP contribution in [-0.2, 0) is 5.41 Å². The molecule has 0 N–H and O–H groups in total. The lowest BCUT2D eigenvalue weighted by Gasteiger charge is -2.31. The number of aromatic nitrogens is 6. The number of benzene rings is 6. The molecule has 8 heteroatoms. The smallest absolute Gasteiger partial charge is 0.208 e. The molecule has 6 nitrogen and oxygen atoms in total. The van der Waals surface area contributed by atoms with Crippen molar-refractivity contribution < 1.29 is 0 Å². The van der Waals surface area contributed by atoms with E-state index in [9.17, 15) is 0 Å². The van der Waals surface area contributed by atoms with Crippen LogP contribution in [0.5, 0.6) is 0 Å². The van der Waals surface area contributed by atoms with Gasteiger partial charge in [0.1, 0.15) is 0 Å². The maximum atomic E-state index is 6.55. The standard InChI is InChI=1S/C43H24ClIN6/c44-41-48-37(25-11-3-1-4-12-25)46-39(49-41)27-19-21-31-29-15-7-9-17-33(29)43(35(31)23-27)34-18-10-8-16-30(34)32-22-20-28(24-36(32)43)40-47-38(50-42(45)51-40)26-13-5-2-6-14-26/h1-24H. The Labute approximate surface area is 312 Å². The quantitative estimate of drug-likeness (QED) is 0.165. The second-order valence-electron chi connectivity index (χ2n) is 12.6. The molecule has 0 fully saturated rings. The molecular weight excluding hydrogens is 763 g/mol. The van der Waals surface area contributed by atoms with Crippen LogP contribution in [0.4, 0.5) is 0 Å². The van der Waals surface area contributed by atoms with Crippen molar-refractivity contribution in [2.24, 2.45) is 0 Å². The van der Waals surface area contributed by atoms with Crippen molar-refractivity contribution in [3.05, 3.63) is 177 Å². The van der Waals surface area contributed by atoms with Gasteiger partial charge in [-0.2, -0.15) is 9.97 Å². The highest BCUT2D eigenvalue weighted by atomic mass is 127. The van der Waals surface area contributed by atoms with Crippen LogP contribution in [0.2, 0.25) is 5.28 Å². The van der Waals surface area contributed by atoms with Crippen molar-refractivity contribution in [1.29, 1.82) is 0 Å². The van der Waals surface area contributed by atoms with Gasteiger partial charge < -0.3 is 0 Å². The second-order valence-corrected chi connectivity index (χ2v) is 13.9. The lowest BCUT2D eigenvalue weighted by molar-refractivity contribution is 0.794. The Morgan fingerprint density at radius 3 is 1.27 bits per heavy atom. The largest absolute Gasteiger partial charge is 0.226 e. The Bertz CT molecular complexity index is 2500. The highest BCUT2D eigenvalue weighted by molar-refractivity contribution is 14.1. The van der Waals surface area contributed by atoms with Gasteiger partial charge in [-0.3, -0.25) is 0 Å². The number of hydrogen-bond acceptors (Lipinski definition) is 6. The van der Waals surface area contributed by atoms with Crippen LogP contribution in [0, 0.1) is 3.83 Å². The molecule has 1 spiro atoms. The lowest BCUT2D eigenvalue weighted by atomic mass is 9.70. The fourth-order valence-electron chi connectivity index (χ4n) is 7.81. The molecule has 8 aromatic rings. The molecular formula is C43H24ClIN6. The maximum absolute atomic E-state index is 6.55.